The van der Waals surface area contributed by atoms with Gasteiger partial charge in [0.1, 0.15) is 11.8 Å². The summed E-state index contributed by atoms with van der Waals surface area (Å²) in [7, 11) is -3.85. The van der Waals surface area contributed by atoms with Crippen molar-refractivity contribution in [1.29, 1.82) is 0 Å². The van der Waals surface area contributed by atoms with Gasteiger partial charge in [-0.3, -0.25) is 4.79 Å². The molecule has 174 valence electrons. The summed E-state index contributed by atoms with van der Waals surface area (Å²) in [6.45, 7) is 8.12. The summed E-state index contributed by atoms with van der Waals surface area (Å²) in [5, 5.41) is 4.00. The van der Waals surface area contributed by atoms with Gasteiger partial charge in [-0.25, -0.2) is 13.8 Å². The van der Waals surface area contributed by atoms with Crippen molar-refractivity contribution in [3.63, 3.8) is 0 Å². The van der Waals surface area contributed by atoms with Crippen LogP contribution in [0.15, 0.2) is 55.3 Å². The molecule has 1 amide bonds. The lowest BCUT2D eigenvalue weighted by Crippen LogP contribution is -2.46. The third kappa shape index (κ3) is 7.68. The molecule has 0 unspecified atom stereocenters. The van der Waals surface area contributed by atoms with E-state index in [-0.39, 0.29) is 10.8 Å². The predicted octanol–water partition coefficient (Wildman–Crippen LogP) is 4.76. The number of amides is 1. The minimum Gasteiger partial charge on any atom is -0.492 e. The molecule has 10 heteroatoms. The minimum atomic E-state index is -3.85. The molecule has 0 aliphatic heterocycles. The topological polar surface area (TPSA) is 96.9 Å². The molecular formula is C22H27Br2N3O4S. The van der Waals surface area contributed by atoms with Crippen LogP contribution >= 0.6 is 31.9 Å². The molecule has 0 fully saturated rings. The lowest BCUT2D eigenvalue weighted by Gasteiger charge is -2.19. The molecule has 0 aliphatic rings. The zero-order valence-electron chi connectivity index (χ0n) is 18.4. The Hall–Kier alpha value is -1.75. The van der Waals surface area contributed by atoms with E-state index in [0.717, 1.165) is 14.5 Å². The average Bonchev–Trinajstić information content (AvgIpc) is 2.70. The highest BCUT2D eigenvalue weighted by Gasteiger charge is 2.26. The summed E-state index contributed by atoms with van der Waals surface area (Å²) >= 11 is 6.90. The fourth-order valence-electron chi connectivity index (χ4n) is 2.84. The molecule has 0 radical (unpaired) electrons. The van der Waals surface area contributed by atoms with E-state index in [9.17, 15) is 13.2 Å². The first-order valence-corrected chi connectivity index (χ1v) is 13.1. The Labute approximate surface area is 206 Å². The second-order valence-corrected chi connectivity index (χ2v) is 11.0. The zero-order chi connectivity index (χ0) is 23.9. The van der Waals surface area contributed by atoms with Gasteiger partial charge < -0.3 is 4.74 Å². The molecule has 7 nitrogen and oxygen atoms in total. The number of benzene rings is 2. The first-order chi connectivity index (χ1) is 15.0. The van der Waals surface area contributed by atoms with E-state index in [0.29, 0.717) is 24.3 Å². The monoisotopic (exact) mass is 587 g/mol. The Balaban J connectivity index is 2.13. The van der Waals surface area contributed by atoms with Gasteiger partial charge in [-0.15, -0.1) is 0 Å². The van der Waals surface area contributed by atoms with Crippen molar-refractivity contribution in [2.45, 2.75) is 45.1 Å². The maximum absolute atomic E-state index is 12.7. The smallest absolute Gasteiger partial charge is 0.258 e. The van der Waals surface area contributed by atoms with Crippen LogP contribution in [0.3, 0.4) is 0 Å². The highest BCUT2D eigenvalue weighted by molar-refractivity contribution is 9.11. The standard InChI is InChI=1S/C22H27Br2N3O4S/c1-5-31-21-18(23)11-16(12-19(21)24)13-25-26-22(28)20(10-14(2)3)27-32(29,30)17-8-6-15(4)7-9-17/h6-9,11-14,20,27H,5,10H2,1-4H3,(H,26,28)/b25-13-/t20-/m1/s1. The Morgan fingerprint density at radius 2 is 1.75 bits per heavy atom. The summed E-state index contributed by atoms with van der Waals surface area (Å²) in [5.41, 5.74) is 4.10. The zero-order valence-corrected chi connectivity index (χ0v) is 22.3. The van der Waals surface area contributed by atoms with Crippen LogP contribution < -0.4 is 14.9 Å². The van der Waals surface area contributed by atoms with E-state index in [4.69, 9.17) is 4.74 Å². The highest BCUT2D eigenvalue weighted by atomic mass is 79.9. The van der Waals surface area contributed by atoms with Gasteiger partial charge in [0.2, 0.25) is 10.0 Å². The molecule has 2 aromatic rings. The summed E-state index contributed by atoms with van der Waals surface area (Å²) in [6.07, 6.45) is 1.80. The third-order valence-corrected chi connectivity index (χ3v) is 7.02. The first kappa shape index (κ1) is 26.5. The number of nitrogens with zero attached hydrogens (tertiary/aromatic N) is 1. The van der Waals surface area contributed by atoms with Gasteiger partial charge in [-0.05, 0) is 87.9 Å². The molecule has 1 atom stereocenters. The molecule has 2 rings (SSSR count). The van der Waals surface area contributed by atoms with E-state index < -0.39 is 22.0 Å². The third-order valence-electron chi connectivity index (χ3n) is 4.35. The van der Waals surface area contributed by atoms with Crippen LogP contribution in [-0.4, -0.2) is 33.2 Å². The number of ether oxygens (including phenoxy) is 1. The lowest BCUT2D eigenvalue weighted by atomic mass is 10.0. The molecule has 0 spiro atoms. The van der Waals surface area contributed by atoms with Crippen LogP contribution in [0.25, 0.3) is 0 Å². The van der Waals surface area contributed by atoms with Crippen LogP contribution in [0.1, 0.15) is 38.3 Å². The van der Waals surface area contributed by atoms with E-state index in [1.54, 1.807) is 24.3 Å². The van der Waals surface area contributed by atoms with Crippen molar-refractivity contribution in [2.24, 2.45) is 11.0 Å². The maximum atomic E-state index is 12.7. The molecular weight excluding hydrogens is 562 g/mol. The van der Waals surface area contributed by atoms with Crippen LogP contribution in [0, 0.1) is 12.8 Å². The lowest BCUT2D eigenvalue weighted by molar-refractivity contribution is -0.123. The van der Waals surface area contributed by atoms with Crippen LogP contribution in [0.5, 0.6) is 5.75 Å². The normalized spacial score (nSPS) is 12.8. The number of carbonyl (C=O) groups excluding carboxylic acids is 1. The van der Waals surface area contributed by atoms with Crippen LogP contribution in [0.2, 0.25) is 0 Å². The summed E-state index contributed by atoms with van der Waals surface area (Å²) < 4.78 is 35.0. The Bertz CT molecular complexity index is 1050. The van der Waals surface area contributed by atoms with Crippen LogP contribution in [-0.2, 0) is 14.8 Å². The van der Waals surface area contributed by atoms with E-state index in [1.807, 2.05) is 27.7 Å². The van der Waals surface area contributed by atoms with Gasteiger partial charge >= 0.3 is 0 Å². The molecule has 0 aromatic heterocycles. The number of rotatable bonds is 10. The maximum Gasteiger partial charge on any atom is 0.258 e. The van der Waals surface area contributed by atoms with Crippen molar-refractivity contribution in [2.75, 3.05) is 6.61 Å². The van der Waals surface area contributed by atoms with Gasteiger partial charge in [-0.1, -0.05) is 31.5 Å². The van der Waals surface area contributed by atoms with E-state index in [1.165, 1.54) is 18.3 Å². The molecule has 0 bridgehead atoms. The number of carbonyl (C=O) groups is 1. The minimum absolute atomic E-state index is 0.0912. The second-order valence-electron chi connectivity index (χ2n) is 7.60. The number of hydrogen-bond acceptors (Lipinski definition) is 5. The van der Waals surface area contributed by atoms with E-state index >= 15 is 0 Å². The number of halogens is 2. The van der Waals surface area contributed by atoms with Gasteiger partial charge in [0.25, 0.3) is 5.91 Å². The number of hydrogen-bond donors (Lipinski definition) is 2. The average molecular weight is 589 g/mol. The number of sulfonamides is 1. The van der Waals surface area contributed by atoms with E-state index in [2.05, 4.69) is 47.1 Å². The fourth-order valence-corrected chi connectivity index (χ4v) is 5.50. The van der Waals surface area contributed by atoms with Crippen molar-refractivity contribution in [1.82, 2.24) is 10.1 Å². The van der Waals surface area contributed by atoms with Crippen LogP contribution in [0.4, 0.5) is 0 Å². The van der Waals surface area contributed by atoms with Gasteiger partial charge in [0, 0.05) is 0 Å². The van der Waals surface area contributed by atoms with Gasteiger partial charge in [-0.2, -0.15) is 9.82 Å². The molecule has 0 saturated carbocycles. The Morgan fingerprint density at radius 3 is 2.28 bits per heavy atom. The summed E-state index contributed by atoms with van der Waals surface area (Å²) in [6, 6.07) is 9.10. The van der Waals surface area contributed by atoms with Crippen molar-refractivity contribution < 1.29 is 17.9 Å². The van der Waals surface area contributed by atoms with Crippen molar-refractivity contribution in [3.05, 3.63) is 56.5 Å². The van der Waals surface area contributed by atoms with Gasteiger partial charge in [0.15, 0.2) is 0 Å². The molecule has 0 heterocycles. The SMILES string of the molecule is CCOc1c(Br)cc(/C=N\NC(=O)[C@@H](CC(C)C)NS(=O)(=O)c2ccc(C)cc2)cc1Br. The second kappa shape index (κ2) is 11.9. The highest BCUT2D eigenvalue weighted by Crippen LogP contribution is 2.34. The summed E-state index contributed by atoms with van der Waals surface area (Å²) in [4.78, 5) is 12.8. The molecule has 32 heavy (non-hydrogen) atoms. The number of aryl methyl sites for hydroxylation is 1. The fraction of sp³-hybridized carbons (Fsp3) is 0.364. The predicted molar refractivity (Wildman–Crippen MR) is 133 cm³/mol. The Kier molecular flexibility index (Phi) is 9.87. The summed E-state index contributed by atoms with van der Waals surface area (Å²) in [5.74, 6) is 0.236. The first-order valence-electron chi connectivity index (χ1n) is 10.1. The molecule has 2 aromatic carbocycles. The Morgan fingerprint density at radius 1 is 1.16 bits per heavy atom. The molecule has 0 aliphatic carbocycles. The van der Waals surface area contributed by atoms with Crippen molar-refractivity contribution >= 4 is 54.0 Å². The molecule has 0 saturated heterocycles. The van der Waals surface area contributed by atoms with Gasteiger partial charge in [0.05, 0.1) is 26.7 Å². The number of hydrazone groups is 1. The largest absolute Gasteiger partial charge is 0.492 e. The van der Waals surface area contributed by atoms with Crippen molar-refractivity contribution in [3.8, 4) is 5.75 Å². The number of nitrogens with one attached hydrogen (secondary N) is 2. The molecule has 2 N–H and O–H groups in total. The quantitative estimate of drug-likeness (QED) is 0.309.